The standard InChI is InChI=1S/C17H12ClF4N3O3S/c1-28-15-3-2-8(4-10(15)18)25-14(7-13(24-25)17(21)22)9-5-12(20)16(6-11(9)19)29(23,26)27/h2-7,17H,1H3,(H2,23,26,27). The Hall–Kier alpha value is -2.63. The van der Waals surface area contributed by atoms with E-state index in [9.17, 15) is 26.0 Å². The predicted octanol–water partition coefficient (Wildman–Crippen LogP) is 4.06. The lowest BCUT2D eigenvalue weighted by molar-refractivity contribution is 0.145. The van der Waals surface area contributed by atoms with Crippen LogP contribution in [-0.2, 0) is 10.0 Å². The molecule has 6 nitrogen and oxygen atoms in total. The normalized spacial score (nSPS) is 11.9. The number of hydrogen-bond acceptors (Lipinski definition) is 4. The third kappa shape index (κ3) is 4.07. The highest BCUT2D eigenvalue weighted by Crippen LogP contribution is 2.34. The minimum absolute atomic E-state index is 0.126. The number of methoxy groups -OCH3 is 1. The van der Waals surface area contributed by atoms with E-state index in [1.165, 1.54) is 25.3 Å². The van der Waals surface area contributed by atoms with Gasteiger partial charge in [-0.3, -0.25) is 0 Å². The summed E-state index contributed by atoms with van der Waals surface area (Å²) in [5.74, 6) is -2.24. The van der Waals surface area contributed by atoms with Crippen molar-refractivity contribution in [3.8, 4) is 22.7 Å². The fraction of sp³-hybridized carbons (Fsp3) is 0.118. The van der Waals surface area contributed by atoms with Gasteiger partial charge in [-0.2, -0.15) is 5.10 Å². The van der Waals surface area contributed by atoms with Gasteiger partial charge >= 0.3 is 0 Å². The van der Waals surface area contributed by atoms with Gasteiger partial charge in [-0.15, -0.1) is 0 Å². The number of rotatable bonds is 5. The highest BCUT2D eigenvalue weighted by Gasteiger charge is 2.24. The second-order valence-electron chi connectivity index (χ2n) is 5.79. The molecule has 3 rings (SSSR count). The molecule has 0 atom stereocenters. The number of hydrogen-bond donors (Lipinski definition) is 1. The number of primary sulfonamides is 1. The van der Waals surface area contributed by atoms with Crippen molar-refractivity contribution >= 4 is 21.6 Å². The average Bonchev–Trinajstić information content (AvgIpc) is 3.07. The molecular formula is C17H12ClF4N3O3S. The van der Waals surface area contributed by atoms with Gasteiger partial charge in [0.25, 0.3) is 6.43 Å². The van der Waals surface area contributed by atoms with Crippen LogP contribution in [0.3, 0.4) is 0 Å². The molecule has 12 heteroatoms. The zero-order valence-corrected chi connectivity index (χ0v) is 16.1. The van der Waals surface area contributed by atoms with Gasteiger partial charge in [0.1, 0.15) is 28.0 Å². The molecule has 1 aromatic heterocycles. The molecule has 0 saturated carbocycles. The average molecular weight is 450 g/mol. The lowest BCUT2D eigenvalue weighted by atomic mass is 10.1. The Morgan fingerprint density at radius 3 is 2.38 bits per heavy atom. The van der Waals surface area contributed by atoms with E-state index in [1.54, 1.807) is 0 Å². The maximum Gasteiger partial charge on any atom is 0.282 e. The third-order valence-electron chi connectivity index (χ3n) is 3.94. The molecule has 0 spiro atoms. The Balaban J connectivity index is 2.25. The summed E-state index contributed by atoms with van der Waals surface area (Å²) in [5, 5.41) is 8.70. The number of aromatic nitrogens is 2. The zero-order valence-electron chi connectivity index (χ0n) is 14.5. The molecule has 2 aromatic carbocycles. The number of benzene rings is 2. The highest BCUT2D eigenvalue weighted by molar-refractivity contribution is 7.89. The van der Waals surface area contributed by atoms with E-state index in [-0.39, 0.29) is 16.4 Å². The molecular weight excluding hydrogens is 438 g/mol. The first-order chi connectivity index (χ1) is 13.5. The Bertz CT molecular complexity index is 1200. The summed E-state index contributed by atoms with van der Waals surface area (Å²) < 4.78 is 83.9. The Morgan fingerprint density at radius 2 is 1.83 bits per heavy atom. The molecule has 1 heterocycles. The van der Waals surface area contributed by atoms with Crippen molar-refractivity contribution in [1.82, 2.24) is 9.78 Å². The van der Waals surface area contributed by atoms with Crippen LogP contribution in [0.25, 0.3) is 16.9 Å². The van der Waals surface area contributed by atoms with Crippen LogP contribution in [0.1, 0.15) is 12.1 Å². The maximum absolute atomic E-state index is 14.6. The largest absolute Gasteiger partial charge is 0.495 e. The predicted molar refractivity (Wildman–Crippen MR) is 96.8 cm³/mol. The van der Waals surface area contributed by atoms with Gasteiger partial charge in [-0.1, -0.05) is 11.6 Å². The first kappa shape index (κ1) is 21.1. The number of nitrogens with two attached hydrogens (primary N) is 1. The van der Waals surface area contributed by atoms with Crippen molar-refractivity contribution in [3.05, 3.63) is 58.7 Å². The molecule has 0 unspecified atom stereocenters. The molecule has 0 amide bonds. The van der Waals surface area contributed by atoms with Crippen molar-refractivity contribution in [2.24, 2.45) is 5.14 Å². The minimum Gasteiger partial charge on any atom is -0.495 e. The van der Waals surface area contributed by atoms with E-state index in [4.69, 9.17) is 21.5 Å². The summed E-state index contributed by atoms with van der Waals surface area (Å²) >= 11 is 6.05. The number of alkyl halides is 2. The van der Waals surface area contributed by atoms with Gasteiger partial charge in [-0.05, 0) is 36.4 Å². The van der Waals surface area contributed by atoms with Crippen LogP contribution < -0.4 is 9.88 Å². The van der Waals surface area contributed by atoms with Crippen molar-refractivity contribution < 1.29 is 30.7 Å². The lowest BCUT2D eigenvalue weighted by Gasteiger charge is -2.11. The number of ether oxygens (including phenoxy) is 1. The molecule has 2 N–H and O–H groups in total. The zero-order chi connectivity index (χ0) is 21.5. The fourth-order valence-electron chi connectivity index (χ4n) is 2.62. The van der Waals surface area contributed by atoms with Gasteiger partial charge in [0, 0.05) is 5.56 Å². The van der Waals surface area contributed by atoms with Gasteiger partial charge in [-0.25, -0.2) is 35.8 Å². The first-order valence-electron chi connectivity index (χ1n) is 7.77. The van der Waals surface area contributed by atoms with Crippen LogP contribution in [0.4, 0.5) is 17.6 Å². The summed E-state index contributed by atoms with van der Waals surface area (Å²) in [5.41, 5.74) is -1.30. The topological polar surface area (TPSA) is 87.2 Å². The molecule has 0 aliphatic heterocycles. The molecule has 154 valence electrons. The van der Waals surface area contributed by atoms with E-state index in [0.717, 1.165) is 10.7 Å². The summed E-state index contributed by atoms with van der Waals surface area (Å²) in [6.45, 7) is 0. The molecule has 0 saturated heterocycles. The molecule has 0 radical (unpaired) electrons. The van der Waals surface area contributed by atoms with E-state index in [1.807, 2.05) is 0 Å². The number of nitrogens with zero attached hydrogens (tertiary/aromatic N) is 2. The quantitative estimate of drug-likeness (QED) is 0.595. The first-order valence-corrected chi connectivity index (χ1v) is 9.69. The summed E-state index contributed by atoms with van der Waals surface area (Å²) in [7, 11) is -3.15. The Labute approximate surface area is 167 Å². The number of halogens is 5. The van der Waals surface area contributed by atoms with Crippen LogP contribution >= 0.6 is 11.6 Å². The van der Waals surface area contributed by atoms with Crippen molar-refractivity contribution in [3.63, 3.8) is 0 Å². The van der Waals surface area contributed by atoms with Gasteiger partial charge in [0.05, 0.1) is 23.5 Å². The van der Waals surface area contributed by atoms with Crippen molar-refractivity contribution in [2.45, 2.75) is 11.3 Å². The molecule has 0 aliphatic rings. The van der Waals surface area contributed by atoms with Crippen molar-refractivity contribution in [1.29, 1.82) is 0 Å². The van der Waals surface area contributed by atoms with Gasteiger partial charge < -0.3 is 4.74 Å². The van der Waals surface area contributed by atoms with E-state index < -0.39 is 44.2 Å². The summed E-state index contributed by atoms with van der Waals surface area (Å²) in [6, 6.07) is 5.97. The van der Waals surface area contributed by atoms with Gasteiger partial charge in [0.15, 0.2) is 0 Å². The lowest BCUT2D eigenvalue weighted by Crippen LogP contribution is -2.15. The molecule has 0 fully saturated rings. The minimum atomic E-state index is -4.53. The van der Waals surface area contributed by atoms with E-state index >= 15 is 0 Å². The fourth-order valence-corrected chi connectivity index (χ4v) is 3.48. The highest BCUT2D eigenvalue weighted by atomic mass is 35.5. The van der Waals surface area contributed by atoms with E-state index in [2.05, 4.69) is 5.10 Å². The molecule has 0 aliphatic carbocycles. The Morgan fingerprint density at radius 1 is 1.14 bits per heavy atom. The monoisotopic (exact) mass is 449 g/mol. The second-order valence-corrected chi connectivity index (χ2v) is 7.73. The van der Waals surface area contributed by atoms with Crippen LogP contribution in [0.5, 0.6) is 5.75 Å². The smallest absolute Gasteiger partial charge is 0.282 e. The van der Waals surface area contributed by atoms with Crippen molar-refractivity contribution in [2.75, 3.05) is 7.11 Å². The van der Waals surface area contributed by atoms with E-state index in [0.29, 0.717) is 17.9 Å². The SMILES string of the molecule is COc1ccc(-n2nc(C(F)F)cc2-c2cc(F)c(S(N)(=O)=O)cc2F)cc1Cl. The van der Waals surface area contributed by atoms with Crippen LogP contribution in [0.15, 0.2) is 41.3 Å². The van der Waals surface area contributed by atoms with Crippen LogP contribution in [0, 0.1) is 11.6 Å². The summed E-state index contributed by atoms with van der Waals surface area (Å²) in [6.07, 6.45) is -3.00. The Kier molecular flexibility index (Phi) is 5.57. The molecule has 3 aromatic rings. The molecule has 29 heavy (non-hydrogen) atoms. The second kappa shape index (κ2) is 7.65. The third-order valence-corrected chi connectivity index (χ3v) is 5.16. The van der Waals surface area contributed by atoms with Crippen LogP contribution in [0.2, 0.25) is 5.02 Å². The maximum atomic E-state index is 14.6. The molecule has 0 bridgehead atoms. The van der Waals surface area contributed by atoms with Gasteiger partial charge in [0.2, 0.25) is 10.0 Å². The summed E-state index contributed by atoms with van der Waals surface area (Å²) in [4.78, 5) is -1.06. The van der Waals surface area contributed by atoms with Crippen LogP contribution in [-0.4, -0.2) is 25.3 Å². The number of sulfonamides is 1.